The van der Waals surface area contributed by atoms with Crippen molar-refractivity contribution < 1.29 is 29.4 Å². The highest BCUT2D eigenvalue weighted by molar-refractivity contribution is 7.50. The molecule has 7 nitrogen and oxygen atoms in total. The van der Waals surface area contributed by atoms with Crippen molar-refractivity contribution in [3.63, 3.8) is 0 Å². The molecule has 0 rings (SSSR count). The van der Waals surface area contributed by atoms with Crippen LogP contribution in [-0.2, 0) is 4.57 Å². The fraction of sp³-hybridized carbons (Fsp3) is 0.500. The van der Waals surface area contributed by atoms with Gasteiger partial charge >= 0.3 is 13.8 Å². The van der Waals surface area contributed by atoms with E-state index >= 15 is 0 Å². The minimum atomic E-state index is -3.64. The van der Waals surface area contributed by atoms with Crippen molar-refractivity contribution in [2.75, 3.05) is 6.66 Å². The summed E-state index contributed by atoms with van der Waals surface area (Å²) in [6, 6.07) is 0. The first-order valence-electron chi connectivity index (χ1n) is 1.68. The lowest BCUT2D eigenvalue weighted by Crippen LogP contribution is -1.81. The van der Waals surface area contributed by atoms with E-state index in [1.807, 2.05) is 0 Å². The number of carboxylic acid groups (broad SMARTS) is 2. The molecule has 8 heteroatoms. The molecule has 64 valence electrons. The van der Waals surface area contributed by atoms with E-state index in [0.29, 0.717) is 0 Å². The lowest BCUT2D eigenvalue weighted by molar-refractivity contribution is 0.137. The van der Waals surface area contributed by atoms with Gasteiger partial charge in [0.2, 0.25) is 0 Å². The summed E-state index contributed by atoms with van der Waals surface area (Å²) < 4.78 is 9.33. The molecule has 0 atom stereocenters. The Balaban J connectivity index is -0.0000000910. The number of hydrogen-bond acceptors (Lipinski definition) is 3. The first kappa shape index (κ1) is 16.2. The quantitative estimate of drug-likeness (QED) is 0.329. The van der Waals surface area contributed by atoms with Crippen LogP contribution in [0.15, 0.2) is 0 Å². The molecule has 0 aromatic carbocycles. The Labute approximate surface area is 57.0 Å². The first-order chi connectivity index (χ1) is 3.73. The van der Waals surface area contributed by atoms with Gasteiger partial charge in [-0.2, -0.15) is 0 Å². The van der Waals surface area contributed by atoms with E-state index in [1.165, 1.54) is 0 Å². The summed E-state index contributed by atoms with van der Waals surface area (Å²) in [5.74, 6) is 0. The van der Waals surface area contributed by atoms with Crippen LogP contribution in [0.1, 0.15) is 0 Å². The van der Waals surface area contributed by atoms with Gasteiger partial charge < -0.3 is 26.2 Å². The molecule has 0 saturated carbocycles. The molecule has 0 radical (unpaired) electrons. The summed E-state index contributed by atoms with van der Waals surface area (Å²) in [6.45, 7) is 0.854. The Kier molecular flexibility index (Phi) is 10.5. The number of rotatable bonds is 0. The average molecular weight is 175 g/mol. The van der Waals surface area contributed by atoms with Crippen LogP contribution in [0.4, 0.5) is 4.79 Å². The fourth-order valence-electron chi connectivity index (χ4n) is 0. The van der Waals surface area contributed by atoms with E-state index in [4.69, 9.17) is 24.8 Å². The Bertz CT molecular complexity index is 115. The Morgan fingerprint density at radius 3 is 1.30 bits per heavy atom. The van der Waals surface area contributed by atoms with Crippen molar-refractivity contribution in [2.45, 2.75) is 0 Å². The molecular formula is C2H10NO6P. The van der Waals surface area contributed by atoms with E-state index in [9.17, 15) is 4.57 Å². The molecule has 0 unspecified atom stereocenters. The molecule has 7 N–H and O–H groups in total. The summed E-state index contributed by atoms with van der Waals surface area (Å²) in [7, 11) is -3.64. The average Bonchev–Trinajstić information content (AvgIpc) is 1.19. The van der Waals surface area contributed by atoms with Gasteiger partial charge in [-0.15, -0.1) is 0 Å². The van der Waals surface area contributed by atoms with E-state index < -0.39 is 13.8 Å². The maximum Gasteiger partial charge on any atom is 0.503 e. The van der Waals surface area contributed by atoms with E-state index in [0.717, 1.165) is 6.66 Å². The largest absolute Gasteiger partial charge is 0.503 e. The molecule has 0 aliphatic heterocycles. The van der Waals surface area contributed by atoms with Crippen LogP contribution in [0, 0.1) is 0 Å². The summed E-state index contributed by atoms with van der Waals surface area (Å²) in [4.78, 5) is 23.8. The lowest BCUT2D eigenvalue weighted by atomic mass is 11.5. The van der Waals surface area contributed by atoms with Crippen LogP contribution in [0.3, 0.4) is 0 Å². The van der Waals surface area contributed by atoms with Crippen molar-refractivity contribution in [3.8, 4) is 0 Å². The van der Waals surface area contributed by atoms with Crippen LogP contribution in [0.25, 0.3) is 0 Å². The van der Waals surface area contributed by atoms with Gasteiger partial charge in [-0.1, -0.05) is 0 Å². The van der Waals surface area contributed by atoms with Gasteiger partial charge in [0.15, 0.2) is 0 Å². The standard InChI is InChI=1S/CH5O3P.CH2O3.H3N/c1-5(2,3)4;2-1(3)4;/h1H3,(H2,2,3,4);(H2,2,3,4);1H3. The minimum absolute atomic E-state index is 0. The highest BCUT2D eigenvalue weighted by Crippen LogP contribution is 2.26. The highest BCUT2D eigenvalue weighted by atomic mass is 31.2. The zero-order valence-corrected chi connectivity index (χ0v) is 6.15. The Morgan fingerprint density at radius 1 is 1.30 bits per heavy atom. The Hall–Kier alpha value is -0.620. The molecule has 0 amide bonds. The molecule has 0 spiro atoms. The highest BCUT2D eigenvalue weighted by Gasteiger charge is 1.95. The molecule has 10 heavy (non-hydrogen) atoms. The smallest absolute Gasteiger partial charge is 0.450 e. The summed E-state index contributed by atoms with van der Waals surface area (Å²) in [6.07, 6.45) is -1.83. The third-order valence-electron chi connectivity index (χ3n) is 0. The minimum Gasteiger partial charge on any atom is -0.450 e. The third-order valence-corrected chi connectivity index (χ3v) is 0. The van der Waals surface area contributed by atoms with Gasteiger partial charge in [0.05, 0.1) is 0 Å². The van der Waals surface area contributed by atoms with Gasteiger partial charge in [0.25, 0.3) is 0 Å². The van der Waals surface area contributed by atoms with Crippen molar-refractivity contribution in [1.29, 1.82) is 0 Å². The number of carbonyl (C=O) groups is 1. The summed E-state index contributed by atoms with van der Waals surface area (Å²) in [5, 5.41) is 13.9. The predicted octanol–water partition coefficient (Wildman–Crippen LogP) is 0.178. The Morgan fingerprint density at radius 2 is 1.30 bits per heavy atom. The molecular weight excluding hydrogens is 165 g/mol. The molecule has 0 bridgehead atoms. The van der Waals surface area contributed by atoms with Gasteiger partial charge in [-0.05, 0) is 0 Å². The van der Waals surface area contributed by atoms with E-state index in [1.54, 1.807) is 0 Å². The summed E-state index contributed by atoms with van der Waals surface area (Å²) in [5.41, 5.74) is 0. The predicted molar refractivity (Wildman–Crippen MR) is 33.6 cm³/mol. The van der Waals surface area contributed by atoms with Crippen LogP contribution in [-0.4, -0.2) is 32.8 Å². The topological polar surface area (TPSA) is 150 Å². The molecule has 0 fully saturated rings. The normalized spacial score (nSPS) is 8.30. The van der Waals surface area contributed by atoms with Gasteiger partial charge in [-0.25, -0.2) is 4.79 Å². The lowest BCUT2D eigenvalue weighted by Gasteiger charge is -1.84. The molecule has 0 aromatic heterocycles. The van der Waals surface area contributed by atoms with Crippen molar-refractivity contribution >= 4 is 13.8 Å². The third kappa shape index (κ3) is 781. The van der Waals surface area contributed by atoms with Gasteiger partial charge in [0.1, 0.15) is 0 Å². The van der Waals surface area contributed by atoms with Crippen LogP contribution < -0.4 is 6.15 Å². The SMILES string of the molecule is CP(=O)(O)O.N.O=C(O)O. The van der Waals surface area contributed by atoms with Gasteiger partial charge in [0, 0.05) is 6.66 Å². The molecule has 0 aliphatic carbocycles. The second-order valence-corrected chi connectivity index (χ2v) is 2.79. The molecule has 0 saturated heterocycles. The zero-order chi connectivity index (χ0) is 8.08. The number of hydrogen-bond donors (Lipinski definition) is 5. The summed E-state index contributed by atoms with van der Waals surface area (Å²) >= 11 is 0. The van der Waals surface area contributed by atoms with Crippen LogP contribution >= 0.6 is 7.60 Å². The maximum absolute atomic E-state index is 9.33. The van der Waals surface area contributed by atoms with E-state index in [2.05, 4.69) is 0 Å². The van der Waals surface area contributed by atoms with Gasteiger partial charge in [-0.3, -0.25) is 4.57 Å². The second-order valence-electron chi connectivity index (χ2n) is 1.12. The zero-order valence-electron chi connectivity index (χ0n) is 5.26. The van der Waals surface area contributed by atoms with Crippen LogP contribution in [0.2, 0.25) is 0 Å². The van der Waals surface area contributed by atoms with Crippen LogP contribution in [0.5, 0.6) is 0 Å². The maximum atomic E-state index is 9.33. The molecule has 0 heterocycles. The van der Waals surface area contributed by atoms with Crippen molar-refractivity contribution in [1.82, 2.24) is 6.15 Å². The monoisotopic (exact) mass is 175 g/mol. The van der Waals surface area contributed by atoms with Crippen molar-refractivity contribution in [2.24, 2.45) is 0 Å². The second kappa shape index (κ2) is 6.50. The van der Waals surface area contributed by atoms with Crippen molar-refractivity contribution in [3.05, 3.63) is 0 Å². The van der Waals surface area contributed by atoms with E-state index in [-0.39, 0.29) is 6.15 Å². The first-order valence-corrected chi connectivity index (χ1v) is 3.74. The fourth-order valence-corrected chi connectivity index (χ4v) is 0. The molecule has 0 aromatic rings. The molecule has 0 aliphatic rings.